The van der Waals surface area contributed by atoms with Crippen molar-refractivity contribution in [2.24, 2.45) is 0 Å². The van der Waals surface area contributed by atoms with Gasteiger partial charge >= 0.3 is 0 Å². The molecule has 0 spiro atoms. The Balaban J connectivity index is 0.000000980. The van der Waals surface area contributed by atoms with E-state index >= 15 is 0 Å². The predicted octanol–water partition coefficient (Wildman–Crippen LogP) is 1.63. The number of aromatic nitrogens is 1. The Labute approximate surface area is 89.5 Å². The lowest BCUT2D eigenvalue weighted by molar-refractivity contribution is -0.128. The van der Waals surface area contributed by atoms with Gasteiger partial charge in [-0.25, -0.2) is 0 Å². The molecule has 14 heavy (non-hydrogen) atoms. The lowest BCUT2D eigenvalue weighted by Gasteiger charge is -2.14. The van der Waals surface area contributed by atoms with Crippen LogP contribution in [0.1, 0.15) is 18.4 Å². The van der Waals surface area contributed by atoms with Crippen molar-refractivity contribution in [2.45, 2.75) is 19.4 Å². The van der Waals surface area contributed by atoms with Crippen LogP contribution in [0.25, 0.3) is 0 Å². The molecule has 1 aromatic heterocycles. The van der Waals surface area contributed by atoms with Gasteiger partial charge in [0.05, 0.1) is 0 Å². The van der Waals surface area contributed by atoms with Crippen molar-refractivity contribution in [1.29, 1.82) is 0 Å². The molecule has 0 unspecified atom stereocenters. The molecule has 4 heteroatoms. The molecule has 3 nitrogen and oxygen atoms in total. The molecule has 1 saturated heterocycles. The standard InChI is InChI=1S/C10H12N2O.ClH/c13-10-2-1-7-12(10)8-9-3-5-11-6-4-9;/h3-6H,1-2,7-8H2;1H. The number of rotatable bonds is 2. The monoisotopic (exact) mass is 212 g/mol. The van der Waals surface area contributed by atoms with Crippen molar-refractivity contribution in [3.63, 3.8) is 0 Å². The highest BCUT2D eigenvalue weighted by Gasteiger charge is 2.19. The van der Waals surface area contributed by atoms with Crippen LogP contribution in [0.4, 0.5) is 0 Å². The molecule has 1 amide bonds. The highest BCUT2D eigenvalue weighted by molar-refractivity contribution is 5.85. The van der Waals surface area contributed by atoms with E-state index in [1.807, 2.05) is 17.0 Å². The maximum Gasteiger partial charge on any atom is 0.222 e. The van der Waals surface area contributed by atoms with Crippen LogP contribution >= 0.6 is 12.4 Å². The largest absolute Gasteiger partial charge is 0.338 e. The lowest BCUT2D eigenvalue weighted by Crippen LogP contribution is -2.23. The van der Waals surface area contributed by atoms with Gasteiger partial charge in [-0.1, -0.05) is 0 Å². The van der Waals surface area contributed by atoms with Gasteiger partial charge in [0.25, 0.3) is 0 Å². The van der Waals surface area contributed by atoms with E-state index in [1.54, 1.807) is 12.4 Å². The molecule has 1 aliphatic heterocycles. The number of amides is 1. The summed E-state index contributed by atoms with van der Waals surface area (Å²) in [7, 11) is 0. The second-order valence-corrected chi connectivity index (χ2v) is 3.27. The average molecular weight is 213 g/mol. The minimum Gasteiger partial charge on any atom is -0.338 e. The second kappa shape index (κ2) is 4.96. The molecule has 0 atom stereocenters. The van der Waals surface area contributed by atoms with Crippen molar-refractivity contribution >= 4 is 18.3 Å². The number of pyridine rings is 1. The molecule has 76 valence electrons. The zero-order valence-corrected chi connectivity index (χ0v) is 8.67. The van der Waals surface area contributed by atoms with Gasteiger partial charge in [0, 0.05) is 31.9 Å². The van der Waals surface area contributed by atoms with Gasteiger partial charge in [-0.15, -0.1) is 12.4 Å². The van der Waals surface area contributed by atoms with E-state index in [9.17, 15) is 4.79 Å². The summed E-state index contributed by atoms with van der Waals surface area (Å²) in [6, 6.07) is 3.90. The van der Waals surface area contributed by atoms with E-state index in [0.717, 1.165) is 25.1 Å². The van der Waals surface area contributed by atoms with Crippen LogP contribution in [0, 0.1) is 0 Å². The predicted molar refractivity (Wildman–Crippen MR) is 56.1 cm³/mol. The second-order valence-electron chi connectivity index (χ2n) is 3.27. The van der Waals surface area contributed by atoms with Gasteiger partial charge in [0.1, 0.15) is 0 Å². The molecule has 0 radical (unpaired) electrons. The van der Waals surface area contributed by atoms with Gasteiger partial charge in [-0.2, -0.15) is 0 Å². The van der Waals surface area contributed by atoms with Gasteiger partial charge in [-0.05, 0) is 24.1 Å². The van der Waals surface area contributed by atoms with Crippen molar-refractivity contribution in [2.75, 3.05) is 6.54 Å². The number of nitrogens with zero attached hydrogens (tertiary/aromatic N) is 2. The molecule has 1 fully saturated rings. The number of carbonyl (C=O) groups is 1. The van der Waals surface area contributed by atoms with E-state index in [0.29, 0.717) is 6.42 Å². The summed E-state index contributed by atoms with van der Waals surface area (Å²) in [5, 5.41) is 0. The van der Waals surface area contributed by atoms with E-state index in [2.05, 4.69) is 4.98 Å². The first-order valence-electron chi connectivity index (χ1n) is 4.53. The quantitative estimate of drug-likeness (QED) is 0.747. The summed E-state index contributed by atoms with van der Waals surface area (Å²) < 4.78 is 0. The molecule has 2 rings (SSSR count). The van der Waals surface area contributed by atoms with Crippen LogP contribution in [0.3, 0.4) is 0 Å². The van der Waals surface area contributed by atoms with Crippen LogP contribution in [-0.2, 0) is 11.3 Å². The third-order valence-corrected chi connectivity index (χ3v) is 2.29. The zero-order chi connectivity index (χ0) is 9.10. The zero-order valence-electron chi connectivity index (χ0n) is 7.85. The molecule has 0 bridgehead atoms. The maximum atomic E-state index is 11.3. The summed E-state index contributed by atoms with van der Waals surface area (Å²) in [6.07, 6.45) is 5.24. The Morgan fingerprint density at radius 2 is 2.07 bits per heavy atom. The van der Waals surface area contributed by atoms with Crippen LogP contribution in [0.2, 0.25) is 0 Å². The Hall–Kier alpha value is -1.09. The Morgan fingerprint density at radius 3 is 2.64 bits per heavy atom. The lowest BCUT2D eigenvalue weighted by atomic mass is 10.2. The fourth-order valence-electron chi connectivity index (χ4n) is 1.58. The van der Waals surface area contributed by atoms with Crippen LogP contribution in [0.5, 0.6) is 0 Å². The SMILES string of the molecule is Cl.O=C1CCCN1Cc1ccncc1. The molecule has 1 aromatic rings. The van der Waals surface area contributed by atoms with Gasteiger partial charge in [0.15, 0.2) is 0 Å². The number of hydrogen-bond acceptors (Lipinski definition) is 2. The van der Waals surface area contributed by atoms with Gasteiger partial charge in [-0.3, -0.25) is 9.78 Å². The third-order valence-electron chi connectivity index (χ3n) is 2.29. The van der Waals surface area contributed by atoms with Gasteiger partial charge < -0.3 is 4.90 Å². The van der Waals surface area contributed by atoms with Crippen molar-refractivity contribution in [3.8, 4) is 0 Å². The van der Waals surface area contributed by atoms with Gasteiger partial charge in [0.2, 0.25) is 5.91 Å². The first-order valence-corrected chi connectivity index (χ1v) is 4.53. The smallest absolute Gasteiger partial charge is 0.222 e. The summed E-state index contributed by atoms with van der Waals surface area (Å²) in [5.74, 6) is 0.275. The minimum atomic E-state index is 0. The first kappa shape index (κ1) is 11.0. The fraction of sp³-hybridized carbons (Fsp3) is 0.400. The van der Waals surface area contributed by atoms with E-state index in [-0.39, 0.29) is 18.3 Å². The first-order chi connectivity index (χ1) is 6.36. The molecular formula is C10H13ClN2O. The van der Waals surface area contributed by atoms with Crippen molar-refractivity contribution in [1.82, 2.24) is 9.88 Å². The fourth-order valence-corrected chi connectivity index (χ4v) is 1.58. The topological polar surface area (TPSA) is 33.2 Å². The molecule has 1 aliphatic rings. The average Bonchev–Trinajstić information content (AvgIpc) is 2.54. The van der Waals surface area contributed by atoms with Crippen molar-refractivity contribution < 1.29 is 4.79 Å². The van der Waals surface area contributed by atoms with Crippen LogP contribution in [0.15, 0.2) is 24.5 Å². The molecule has 0 N–H and O–H groups in total. The summed E-state index contributed by atoms with van der Waals surface area (Å²) in [5.41, 5.74) is 1.16. The molecular weight excluding hydrogens is 200 g/mol. The Kier molecular flexibility index (Phi) is 3.89. The highest BCUT2D eigenvalue weighted by atomic mass is 35.5. The molecule has 2 heterocycles. The Morgan fingerprint density at radius 1 is 1.36 bits per heavy atom. The van der Waals surface area contributed by atoms with Crippen LogP contribution in [-0.4, -0.2) is 22.3 Å². The van der Waals surface area contributed by atoms with E-state index in [4.69, 9.17) is 0 Å². The van der Waals surface area contributed by atoms with E-state index in [1.165, 1.54) is 0 Å². The summed E-state index contributed by atoms with van der Waals surface area (Å²) in [6.45, 7) is 1.64. The molecule has 0 aliphatic carbocycles. The van der Waals surface area contributed by atoms with E-state index < -0.39 is 0 Å². The highest BCUT2D eigenvalue weighted by Crippen LogP contribution is 2.13. The molecule has 0 aromatic carbocycles. The van der Waals surface area contributed by atoms with Crippen LogP contribution < -0.4 is 0 Å². The number of hydrogen-bond donors (Lipinski definition) is 0. The summed E-state index contributed by atoms with van der Waals surface area (Å²) in [4.78, 5) is 17.1. The van der Waals surface area contributed by atoms with Crippen molar-refractivity contribution in [3.05, 3.63) is 30.1 Å². The number of carbonyl (C=O) groups excluding carboxylic acids is 1. The number of likely N-dealkylation sites (tertiary alicyclic amines) is 1. The Bertz CT molecular complexity index is 302. The normalized spacial score (nSPS) is 15.4. The molecule has 0 saturated carbocycles. The third kappa shape index (κ3) is 2.45. The minimum absolute atomic E-state index is 0. The summed E-state index contributed by atoms with van der Waals surface area (Å²) >= 11 is 0. The maximum absolute atomic E-state index is 11.3. The number of halogens is 1.